The molecule has 2 unspecified atom stereocenters. The van der Waals surface area contributed by atoms with Gasteiger partial charge in [0.05, 0.1) is 11.0 Å². The minimum absolute atomic E-state index is 0.0364. The first kappa shape index (κ1) is 14.2. The lowest BCUT2D eigenvalue weighted by molar-refractivity contribution is -0.384. The van der Waals surface area contributed by atoms with Gasteiger partial charge in [0.25, 0.3) is 0 Å². The van der Waals surface area contributed by atoms with Crippen molar-refractivity contribution < 1.29 is 10.0 Å². The molecule has 1 fully saturated rings. The number of rotatable bonds is 4. The fraction of sp³-hybridized carbons (Fsp3) is 0.583. The molecule has 2 rings (SSSR count). The predicted octanol–water partition coefficient (Wildman–Crippen LogP) is 2.72. The van der Waals surface area contributed by atoms with Gasteiger partial charge in [-0.1, -0.05) is 6.42 Å². The molecule has 0 saturated heterocycles. The summed E-state index contributed by atoms with van der Waals surface area (Å²) in [4.78, 5) is 14.5. The SMILES string of the molecule is O=[N+]([O-])c1cc(Br)cnc1NCC1CCCC(O)C1. The molecule has 0 aliphatic heterocycles. The monoisotopic (exact) mass is 329 g/mol. The van der Waals surface area contributed by atoms with Gasteiger partial charge in [-0.05, 0) is 41.1 Å². The van der Waals surface area contributed by atoms with Crippen LogP contribution in [0.15, 0.2) is 16.7 Å². The standard InChI is InChI=1S/C12H16BrN3O3/c13-9-5-11(16(18)19)12(15-7-9)14-6-8-2-1-3-10(17)4-8/h5,7-8,10,17H,1-4,6H2,(H,14,15). The van der Waals surface area contributed by atoms with E-state index in [9.17, 15) is 15.2 Å². The van der Waals surface area contributed by atoms with E-state index in [1.54, 1.807) is 0 Å². The fourth-order valence-electron chi connectivity index (χ4n) is 2.39. The molecule has 104 valence electrons. The lowest BCUT2D eigenvalue weighted by Gasteiger charge is -2.25. The minimum atomic E-state index is -0.449. The Morgan fingerprint density at radius 1 is 1.58 bits per heavy atom. The second-order valence-corrected chi connectivity index (χ2v) is 5.76. The van der Waals surface area contributed by atoms with E-state index in [0.29, 0.717) is 16.9 Å². The lowest BCUT2D eigenvalue weighted by atomic mass is 9.87. The molecule has 2 atom stereocenters. The highest BCUT2D eigenvalue weighted by atomic mass is 79.9. The van der Waals surface area contributed by atoms with Gasteiger partial charge in [-0.2, -0.15) is 0 Å². The number of aliphatic hydroxyl groups excluding tert-OH is 1. The highest BCUT2D eigenvalue weighted by Gasteiger charge is 2.22. The Morgan fingerprint density at radius 2 is 2.37 bits per heavy atom. The van der Waals surface area contributed by atoms with Crippen LogP contribution in [0.1, 0.15) is 25.7 Å². The summed E-state index contributed by atoms with van der Waals surface area (Å²) in [6.07, 6.45) is 4.93. The number of hydrogen-bond acceptors (Lipinski definition) is 5. The van der Waals surface area contributed by atoms with E-state index in [0.717, 1.165) is 25.7 Å². The van der Waals surface area contributed by atoms with Crippen LogP contribution >= 0.6 is 15.9 Å². The number of nitrogens with zero attached hydrogens (tertiary/aromatic N) is 2. The summed E-state index contributed by atoms with van der Waals surface area (Å²) in [5.74, 6) is 0.627. The zero-order chi connectivity index (χ0) is 13.8. The van der Waals surface area contributed by atoms with Gasteiger partial charge in [0.1, 0.15) is 0 Å². The van der Waals surface area contributed by atoms with Crippen molar-refractivity contribution in [3.8, 4) is 0 Å². The number of halogens is 1. The van der Waals surface area contributed by atoms with Crippen molar-refractivity contribution in [3.05, 3.63) is 26.9 Å². The van der Waals surface area contributed by atoms with Crippen molar-refractivity contribution in [2.24, 2.45) is 5.92 Å². The molecule has 1 aliphatic rings. The molecular formula is C12H16BrN3O3. The lowest BCUT2D eigenvalue weighted by Crippen LogP contribution is -2.25. The van der Waals surface area contributed by atoms with Crippen molar-refractivity contribution in [2.75, 3.05) is 11.9 Å². The molecule has 0 aromatic carbocycles. The van der Waals surface area contributed by atoms with Crippen LogP contribution in [-0.2, 0) is 0 Å². The molecule has 0 bridgehead atoms. The van der Waals surface area contributed by atoms with Gasteiger partial charge in [0.2, 0.25) is 5.82 Å². The van der Waals surface area contributed by atoms with Gasteiger partial charge < -0.3 is 10.4 Å². The van der Waals surface area contributed by atoms with Gasteiger partial charge in [0.15, 0.2) is 0 Å². The second kappa shape index (κ2) is 6.29. The zero-order valence-corrected chi connectivity index (χ0v) is 12.0. The molecule has 0 spiro atoms. The van der Waals surface area contributed by atoms with E-state index in [2.05, 4.69) is 26.2 Å². The van der Waals surface area contributed by atoms with Crippen LogP contribution in [0.5, 0.6) is 0 Å². The van der Waals surface area contributed by atoms with E-state index in [4.69, 9.17) is 0 Å². The van der Waals surface area contributed by atoms with Crippen LogP contribution in [0.3, 0.4) is 0 Å². The van der Waals surface area contributed by atoms with Crippen LogP contribution in [-0.4, -0.2) is 27.7 Å². The summed E-state index contributed by atoms with van der Waals surface area (Å²) in [5, 5.41) is 23.6. The number of anilines is 1. The fourth-order valence-corrected chi connectivity index (χ4v) is 2.71. The Balaban J connectivity index is 2.01. The number of aromatic nitrogens is 1. The molecule has 0 amide bonds. The maximum Gasteiger partial charge on any atom is 0.312 e. The van der Waals surface area contributed by atoms with Gasteiger partial charge in [-0.15, -0.1) is 0 Å². The molecule has 0 radical (unpaired) electrons. The summed E-state index contributed by atoms with van der Waals surface area (Å²) >= 11 is 3.17. The first-order valence-electron chi connectivity index (χ1n) is 6.28. The normalized spacial score (nSPS) is 23.1. The Labute approximate surface area is 119 Å². The highest BCUT2D eigenvalue weighted by molar-refractivity contribution is 9.10. The highest BCUT2D eigenvalue weighted by Crippen LogP contribution is 2.28. The Bertz CT molecular complexity index is 470. The summed E-state index contributed by atoms with van der Waals surface area (Å²) in [7, 11) is 0. The van der Waals surface area contributed by atoms with Crippen LogP contribution in [0.2, 0.25) is 0 Å². The largest absolute Gasteiger partial charge is 0.393 e. The molecule has 1 aromatic heterocycles. The Kier molecular flexibility index (Phi) is 4.71. The average Bonchev–Trinajstić information content (AvgIpc) is 2.37. The minimum Gasteiger partial charge on any atom is -0.393 e. The van der Waals surface area contributed by atoms with Crippen molar-refractivity contribution in [1.29, 1.82) is 0 Å². The first-order chi connectivity index (χ1) is 9.06. The molecule has 19 heavy (non-hydrogen) atoms. The predicted molar refractivity (Wildman–Crippen MR) is 75.0 cm³/mol. The van der Waals surface area contributed by atoms with Crippen LogP contribution in [0, 0.1) is 16.0 Å². The van der Waals surface area contributed by atoms with Gasteiger partial charge in [0, 0.05) is 23.3 Å². The van der Waals surface area contributed by atoms with Crippen molar-refractivity contribution in [2.45, 2.75) is 31.8 Å². The third-order valence-electron chi connectivity index (χ3n) is 3.34. The zero-order valence-electron chi connectivity index (χ0n) is 10.4. The number of nitro groups is 1. The van der Waals surface area contributed by atoms with Crippen LogP contribution in [0.4, 0.5) is 11.5 Å². The third kappa shape index (κ3) is 3.87. The number of nitrogens with one attached hydrogen (secondary N) is 1. The Hall–Kier alpha value is -1.21. The topological polar surface area (TPSA) is 88.3 Å². The summed E-state index contributed by atoms with van der Waals surface area (Å²) in [6, 6.07) is 1.44. The molecular weight excluding hydrogens is 314 g/mol. The molecule has 1 aliphatic carbocycles. The van der Waals surface area contributed by atoms with E-state index in [1.165, 1.54) is 12.3 Å². The molecule has 1 heterocycles. The third-order valence-corrected chi connectivity index (χ3v) is 3.78. The van der Waals surface area contributed by atoms with Gasteiger partial charge in [-0.25, -0.2) is 4.98 Å². The van der Waals surface area contributed by atoms with E-state index < -0.39 is 4.92 Å². The summed E-state index contributed by atoms with van der Waals surface area (Å²) in [5.41, 5.74) is -0.0364. The number of pyridine rings is 1. The maximum absolute atomic E-state index is 10.9. The average molecular weight is 330 g/mol. The van der Waals surface area contributed by atoms with E-state index >= 15 is 0 Å². The molecule has 7 heteroatoms. The van der Waals surface area contributed by atoms with Gasteiger partial charge in [-0.3, -0.25) is 10.1 Å². The molecule has 1 saturated carbocycles. The second-order valence-electron chi connectivity index (χ2n) is 4.85. The van der Waals surface area contributed by atoms with E-state index in [-0.39, 0.29) is 17.6 Å². The molecule has 6 nitrogen and oxygen atoms in total. The quantitative estimate of drug-likeness (QED) is 0.655. The number of hydrogen-bond donors (Lipinski definition) is 2. The van der Waals surface area contributed by atoms with E-state index in [1.807, 2.05) is 0 Å². The first-order valence-corrected chi connectivity index (χ1v) is 7.07. The molecule has 1 aromatic rings. The van der Waals surface area contributed by atoms with Gasteiger partial charge >= 0.3 is 5.69 Å². The van der Waals surface area contributed by atoms with Crippen LogP contribution in [0.25, 0.3) is 0 Å². The molecule has 2 N–H and O–H groups in total. The Morgan fingerprint density at radius 3 is 3.05 bits per heavy atom. The maximum atomic E-state index is 10.9. The van der Waals surface area contributed by atoms with Crippen LogP contribution < -0.4 is 5.32 Å². The van der Waals surface area contributed by atoms with Crippen molar-refractivity contribution in [1.82, 2.24) is 4.98 Å². The summed E-state index contributed by atoms with van der Waals surface area (Å²) < 4.78 is 0.581. The van der Waals surface area contributed by atoms with Crippen molar-refractivity contribution in [3.63, 3.8) is 0 Å². The van der Waals surface area contributed by atoms with Crippen molar-refractivity contribution >= 4 is 27.4 Å². The summed E-state index contributed by atoms with van der Waals surface area (Å²) in [6.45, 7) is 0.604. The number of aliphatic hydroxyl groups is 1. The smallest absolute Gasteiger partial charge is 0.312 e.